The molecule has 7 nitrogen and oxygen atoms in total. The molecule has 0 aliphatic heterocycles. The average Bonchev–Trinajstić information content (AvgIpc) is 2.99. The molecule has 0 aliphatic carbocycles. The molecule has 1 atom stereocenters. The van der Waals surface area contributed by atoms with Crippen LogP contribution in [0.4, 0.5) is 5.95 Å². The van der Waals surface area contributed by atoms with Gasteiger partial charge in [-0.1, -0.05) is 0 Å². The molecule has 2 heterocycles. The van der Waals surface area contributed by atoms with Gasteiger partial charge in [-0.25, -0.2) is 9.97 Å². The number of hydrogen-bond donors (Lipinski definition) is 3. The van der Waals surface area contributed by atoms with Crippen molar-refractivity contribution in [1.29, 1.82) is 0 Å². The van der Waals surface area contributed by atoms with Crippen molar-refractivity contribution in [3.05, 3.63) is 39.3 Å². The van der Waals surface area contributed by atoms with Gasteiger partial charge >= 0.3 is 0 Å². The van der Waals surface area contributed by atoms with E-state index < -0.39 is 6.04 Å². The third kappa shape index (κ3) is 5.61. The van der Waals surface area contributed by atoms with Gasteiger partial charge in [-0.2, -0.15) is 0 Å². The summed E-state index contributed by atoms with van der Waals surface area (Å²) < 4.78 is 0.869. The van der Waals surface area contributed by atoms with Gasteiger partial charge in [0.05, 0.1) is 8.66 Å². The molecule has 0 fully saturated rings. The molecule has 1 unspecified atom stereocenters. The molecule has 9 heteroatoms. The van der Waals surface area contributed by atoms with Crippen LogP contribution < -0.4 is 16.0 Å². The van der Waals surface area contributed by atoms with Crippen LogP contribution in [0.5, 0.6) is 0 Å². The van der Waals surface area contributed by atoms with Crippen LogP contribution in [-0.4, -0.2) is 40.9 Å². The van der Waals surface area contributed by atoms with Crippen molar-refractivity contribution in [2.24, 2.45) is 0 Å². The number of nitrogens with zero attached hydrogens (tertiary/aromatic N) is 2. The van der Waals surface area contributed by atoms with Gasteiger partial charge in [-0.15, -0.1) is 11.3 Å². The molecule has 23 heavy (non-hydrogen) atoms. The SMILES string of the molecule is CC(NC(=O)c1ccc(Br)s1)C(=O)NCCNc1ncccn1. The summed E-state index contributed by atoms with van der Waals surface area (Å²) >= 11 is 4.62. The lowest BCUT2D eigenvalue weighted by Gasteiger charge is -2.13. The van der Waals surface area contributed by atoms with Crippen LogP contribution in [0.15, 0.2) is 34.4 Å². The quantitative estimate of drug-likeness (QED) is 0.617. The molecule has 2 amide bonds. The van der Waals surface area contributed by atoms with E-state index in [1.807, 2.05) is 0 Å². The third-order valence-corrected chi connectivity index (χ3v) is 4.43. The molecule has 0 saturated carbocycles. The van der Waals surface area contributed by atoms with Crippen molar-refractivity contribution < 1.29 is 9.59 Å². The Kier molecular flexibility index (Phi) is 6.48. The second-order valence-electron chi connectivity index (χ2n) is 4.59. The molecule has 122 valence electrons. The summed E-state index contributed by atoms with van der Waals surface area (Å²) in [4.78, 5) is 32.5. The molecular formula is C14H16BrN5O2S. The second kappa shape index (κ2) is 8.59. The molecule has 2 aromatic heterocycles. The van der Waals surface area contributed by atoms with Gasteiger partial charge in [0, 0.05) is 25.5 Å². The maximum absolute atomic E-state index is 12.0. The van der Waals surface area contributed by atoms with E-state index >= 15 is 0 Å². The molecule has 0 bridgehead atoms. The maximum Gasteiger partial charge on any atom is 0.262 e. The molecule has 0 aromatic carbocycles. The number of hydrogen-bond acceptors (Lipinski definition) is 6. The van der Waals surface area contributed by atoms with Gasteiger partial charge in [0.1, 0.15) is 6.04 Å². The second-order valence-corrected chi connectivity index (χ2v) is 7.05. The lowest BCUT2D eigenvalue weighted by Crippen LogP contribution is -2.45. The highest BCUT2D eigenvalue weighted by atomic mass is 79.9. The van der Waals surface area contributed by atoms with E-state index in [2.05, 4.69) is 41.8 Å². The van der Waals surface area contributed by atoms with Gasteiger partial charge in [0.25, 0.3) is 5.91 Å². The first-order chi connectivity index (χ1) is 11.1. The first kappa shape index (κ1) is 17.4. The fourth-order valence-corrected chi connectivity index (χ4v) is 2.96. The Balaban J connectivity index is 1.69. The number of nitrogens with one attached hydrogen (secondary N) is 3. The molecule has 3 N–H and O–H groups in total. The number of carbonyl (C=O) groups is 2. The van der Waals surface area contributed by atoms with Crippen LogP contribution in [0.25, 0.3) is 0 Å². The highest BCUT2D eigenvalue weighted by Gasteiger charge is 2.17. The minimum absolute atomic E-state index is 0.246. The number of thiophene rings is 1. The number of amides is 2. The predicted molar refractivity (Wildman–Crippen MR) is 92.5 cm³/mol. The molecule has 2 aromatic rings. The van der Waals surface area contributed by atoms with E-state index in [-0.39, 0.29) is 11.8 Å². The largest absolute Gasteiger partial charge is 0.353 e. The molecule has 0 saturated heterocycles. The van der Waals surface area contributed by atoms with Crippen molar-refractivity contribution in [1.82, 2.24) is 20.6 Å². The van der Waals surface area contributed by atoms with E-state index in [4.69, 9.17) is 0 Å². The first-order valence-corrected chi connectivity index (χ1v) is 8.52. The Morgan fingerprint density at radius 3 is 2.65 bits per heavy atom. The van der Waals surface area contributed by atoms with Crippen LogP contribution in [-0.2, 0) is 4.79 Å². The molecule has 0 aliphatic rings. The smallest absolute Gasteiger partial charge is 0.262 e. The fourth-order valence-electron chi connectivity index (χ4n) is 1.67. The van der Waals surface area contributed by atoms with Gasteiger partial charge in [-0.05, 0) is 41.1 Å². The van der Waals surface area contributed by atoms with Crippen molar-refractivity contribution in [2.75, 3.05) is 18.4 Å². The Morgan fingerprint density at radius 2 is 2.00 bits per heavy atom. The summed E-state index contributed by atoms with van der Waals surface area (Å²) in [5, 5.41) is 8.38. The van der Waals surface area contributed by atoms with Crippen LogP contribution in [0, 0.1) is 0 Å². The van der Waals surface area contributed by atoms with Crippen LogP contribution in [0.2, 0.25) is 0 Å². The van der Waals surface area contributed by atoms with E-state index in [0.717, 1.165) is 3.79 Å². The summed E-state index contributed by atoms with van der Waals surface area (Å²) in [6.07, 6.45) is 3.27. The maximum atomic E-state index is 12.0. The van der Waals surface area contributed by atoms with Crippen LogP contribution in [0.3, 0.4) is 0 Å². The Morgan fingerprint density at radius 1 is 1.26 bits per heavy atom. The first-order valence-electron chi connectivity index (χ1n) is 6.91. The number of aromatic nitrogens is 2. The summed E-state index contributed by atoms with van der Waals surface area (Å²) in [5.41, 5.74) is 0. The number of carbonyl (C=O) groups excluding carboxylic acids is 2. The highest BCUT2D eigenvalue weighted by molar-refractivity contribution is 9.11. The minimum Gasteiger partial charge on any atom is -0.353 e. The highest BCUT2D eigenvalue weighted by Crippen LogP contribution is 2.21. The lowest BCUT2D eigenvalue weighted by molar-refractivity contribution is -0.122. The van der Waals surface area contributed by atoms with Gasteiger partial charge < -0.3 is 16.0 Å². The van der Waals surface area contributed by atoms with E-state index in [0.29, 0.717) is 23.9 Å². The van der Waals surface area contributed by atoms with Crippen molar-refractivity contribution in [3.8, 4) is 0 Å². The fraction of sp³-hybridized carbons (Fsp3) is 0.286. The summed E-state index contributed by atoms with van der Waals surface area (Å²) in [6.45, 7) is 2.54. The number of halogens is 1. The van der Waals surface area contributed by atoms with Crippen LogP contribution in [0.1, 0.15) is 16.6 Å². The third-order valence-electron chi connectivity index (χ3n) is 2.81. The predicted octanol–water partition coefficient (Wildman–Crippen LogP) is 1.65. The Labute approximate surface area is 146 Å². The van der Waals surface area contributed by atoms with Crippen molar-refractivity contribution in [3.63, 3.8) is 0 Å². The zero-order chi connectivity index (χ0) is 16.7. The van der Waals surface area contributed by atoms with Crippen molar-refractivity contribution >= 4 is 45.0 Å². The van der Waals surface area contributed by atoms with Crippen molar-refractivity contribution in [2.45, 2.75) is 13.0 Å². The summed E-state index contributed by atoms with van der Waals surface area (Å²) in [7, 11) is 0. The number of anilines is 1. The van der Waals surface area contributed by atoms with Crippen LogP contribution >= 0.6 is 27.3 Å². The molecule has 0 radical (unpaired) electrons. The number of rotatable bonds is 7. The van der Waals surface area contributed by atoms with E-state index in [9.17, 15) is 9.59 Å². The summed E-state index contributed by atoms with van der Waals surface area (Å²) in [5.74, 6) is -0.00437. The topological polar surface area (TPSA) is 96.0 Å². The standard InChI is InChI=1S/C14H16BrN5O2S/c1-9(20-13(22)10-3-4-11(15)23-10)12(21)16-7-8-19-14-17-5-2-6-18-14/h2-6,9H,7-8H2,1H3,(H,16,21)(H,20,22)(H,17,18,19). The molecular weight excluding hydrogens is 382 g/mol. The normalized spacial score (nSPS) is 11.6. The summed E-state index contributed by atoms with van der Waals surface area (Å²) in [6, 6.07) is 4.61. The Bertz CT molecular complexity index is 664. The molecule has 0 spiro atoms. The van der Waals surface area contributed by atoms with E-state index in [1.165, 1.54) is 11.3 Å². The average molecular weight is 398 g/mol. The van der Waals surface area contributed by atoms with Gasteiger partial charge in [-0.3, -0.25) is 9.59 Å². The Hall–Kier alpha value is -2.00. The van der Waals surface area contributed by atoms with Gasteiger partial charge in [0.15, 0.2) is 0 Å². The zero-order valence-corrected chi connectivity index (χ0v) is 14.8. The minimum atomic E-state index is -0.614. The molecule has 2 rings (SSSR count). The monoisotopic (exact) mass is 397 g/mol. The lowest BCUT2D eigenvalue weighted by atomic mass is 10.3. The van der Waals surface area contributed by atoms with E-state index in [1.54, 1.807) is 37.5 Å². The zero-order valence-electron chi connectivity index (χ0n) is 12.4. The van der Waals surface area contributed by atoms with Gasteiger partial charge in [0.2, 0.25) is 11.9 Å².